The third kappa shape index (κ3) is 1.75. The second kappa shape index (κ2) is 4.58. The van der Waals surface area contributed by atoms with E-state index in [0.717, 1.165) is 18.4 Å². The molecule has 0 unspecified atom stereocenters. The van der Waals surface area contributed by atoms with Crippen molar-refractivity contribution in [3.8, 4) is 0 Å². The van der Waals surface area contributed by atoms with Crippen molar-refractivity contribution in [1.29, 1.82) is 0 Å². The molecule has 0 bridgehead atoms. The first-order chi connectivity index (χ1) is 8.81. The smallest absolute Gasteiger partial charge is 0.0777 e. The summed E-state index contributed by atoms with van der Waals surface area (Å²) in [6.07, 6.45) is 4.69. The van der Waals surface area contributed by atoms with E-state index in [1.807, 2.05) is 18.2 Å². The normalized spacial score (nSPS) is 14.6. The van der Waals surface area contributed by atoms with Gasteiger partial charge in [-0.2, -0.15) is 0 Å². The van der Waals surface area contributed by atoms with Crippen LogP contribution >= 0.6 is 0 Å². The highest BCUT2D eigenvalue weighted by Gasteiger charge is 2.20. The van der Waals surface area contributed by atoms with Gasteiger partial charge in [-0.25, -0.2) is 0 Å². The first-order valence-corrected chi connectivity index (χ1v) is 6.49. The summed E-state index contributed by atoms with van der Waals surface area (Å²) in [6, 6.07) is 8.31. The van der Waals surface area contributed by atoms with Crippen molar-refractivity contribution in [1.82, 2.24) is 4.98 Å². The summed E-state index contributed by atoms with van der Waals surface area (Å²) in [4.78, 5) is 10.2. The van der Waals surface area contributed by atoms with Crippen LogP contribution in [0.1, 0.15) is 24.1 Å². The number of aryl methyl sites for hydroxylation is 1. The molecule has 1 aliphatic rings. The van der Waals surface area contributed by atoms with Gasteiger partial charge in [0.25, 0.3) is 0 Å². The van der Waals surface area contributed by atoms with E-state index in [0.29, 0.717) is 0 Å². The Kier molecular flexibility index (Phi) is 2.92. The van der Waals surface area contributed by atoms with Crippen molar-refractivity contribution in [2.75, 3.05) is 19.2 Å². The first-order valence-electron chi connectivity index (χ1n) is 6.49. The molecule has 0 saturated heterocycles. The van der Waals surface area contributed by atoms with Gasteiger partial charge in [0.15, 0.2) is 0 Å². The fraction of sp³-hybridized carbons (Fsp3) is 0.400. The molecule has 94 valence electrons. The van der Waals surface area contributed by atoms with E-state index in [-0.39, 0.29) is 0 Å². The van der Waals surface area contributed by atoms with Crippen LogP contribution < -0.4 is 5.06 Å². The van der Waals surface area contributed by atoms with Crippen LogP contribution in [0.15, 0.2) is 24.3 Å². The topological polar surface area (TPSA) is 25.4 Å². The molecule has 0 N–H and O–H groups in total. The second-order valence-electron chi connectivity index (χ2n) is 4.79. The Morgan fingerprint density at radius 2 is 1.94 bits per heavy atom. The molecular formula is C15H18N2O. The first kappa shape index (κ1) is 11.5. The SMILES string of the molecule is CON(C)c1c2c(nc3ccccc13)CCCC2. The summed E-state index contributed by atoms with van der Waals surface area (Å²) in [6.45, 7) is 0. The third-order valence-corrected chi connectivity index (χ3v) is 3.73. The molecule has 0 aliphatic heterocycles. The molecule has 0 spiro atoms. The van der Waals surface area contributed by atoms with Gasteiger partial charge in [-0.1, -0.05) is 18.2 Å². The lowest BCUT2D eigenvalue weighted by Gasteiger charge is -2.26. The van der Waals surface area contributed by atoms with Gasteiger partial charge in [0.05, 0.1) is 18.3 Å². The lowest BCUT2D eigenvalue weighted by molar-refractivity contribution is 0.185. The zero-order chi connectivity index (χ0) is 12.5. The molecule has 0 atom stereocenters. The standard InChI is InChI=1S/C15H18N2O/c1-17(18-2)15-11-7-3-5-9-13(11)16-14-10-6-4-8-12(14)15/h3,5,7,9H,4,6,8,10H2,1-2H3. The Balaban J connectivity index is 2.32. The molecule has 1 aliphatic carbocycles. The van der Waals surface area contributed by atoms with Crippen LogP contribution in [-0.2, 0) is 17.7 Å². The molecular weight excluding hydrogens is 224 g/mol. The Labute approximate surface area is 107 Å². The number of hydrogen-bond acceptors (Lipinski definition) is 3. The van der Waals surface area contributed by atoms with E-state index in [9.17, 15) is 0 Å². The third-order valence-electron chi connectivity index (χ3n) is 3.73. The number of anilines is 1. The zero-order valence-corrected chi connectivity index (χ0v) is 10.9. The van der Waals surface area contributed by atoms with Crippen molar-refractivity contribution >= 4 is 16.6 Å². The van der Waals surface area contributed by atoms with E-state index >= 15 is 0 Å². The summed E-state index contributed by atoms with van der Waals surface area (Å²) < 4.78 is 0. The van der Waals surface area contributed by atoms with E-state index < -0.39 is 0 Å². The van der Waals surface area contributed by atoms with Crippen LogP contribution in [0.3, 0.4) is 0 Å². The number of nitrogens with zero attached hydrogens (tertiary/aromatic N) is 2. The molecule has 0 saturated carbocycles. The number of fused-ring (bicyclic) bond motifs is 2. The Morgan fingerprint density at radius 1 is 1.17 bits per heavy atom. The van der Waals surface area contributed by atoms with Gasteiger partial charge in [-0.05, 0) is 37.3 Å². The predicted molar refractivity (Wildman–Crippen MR) is 73.8 cm³/mol. The fourth-order valence-corrected chi connectivity index (χ4v) is 2.80. The average Bonchev–Trinajstić information content (AvgIpc) is 2.44. The van der Waals surface area contributed by atoms with Crippen molar-refractivity contribution in [2.45, 2.75) is 25.7 Å². The predicted octanol–water partition coefficient (Wildman–Crippen LogP) is 3.11. The van der Waals surface area contributed by atoms with Gasteiger partial charge in [0.2, 0.25) is 0 Å². The van der Waals surface area contributed by atoms with Crippen LogP contribution in [0, 0.1) is 0 Å². The minimum Gasteiger partial charge on any atom is -0.277 e. The molecule has 2 aromatic rings. The molecule has 0 radical (unpaired) electrons. The minimum absolute atomic E-state index is 1.07. The number of pyridine rings is 1. The van der Waals surface area contributed by atoms with E-state index in [2.05, 4.69) is 18.2 Å². The molecule has 3 rings (SSSR count). The maximum Gasteiger partial charge on any atom is 0.0777 e. The molecule has 0 amide bonds. The van der Waals surface area contributed by atoms with E-state index in [1.54, 1.807) is 7.11 Å². The molecule has 3 nitrogen and oxygen atoms in total. The Hall–Kier alpha value is -1.61. The van der Waals surface area contributed by atoms with Gasteiger partial charge in [0.1, 0.15) is 0 Å². The summed E-state index contributed by atoms with van der Waals surface area (Å²) in [5.41, 5.74) is 4.87. The van der Waals surface area contributed by atoms with Crippen molar-refractivity contribution in [2.24, 2.45) is 0 Å². The number of benzene rings is 1. The largest absolute Gasteiger partial charge is 0.277 e. The van der Waals surface area contributed by atoms with Gasteiger partial charge >= 0.3 is 0 Å². The monoisotopic (exact) mass is 242 g/mol. The highest BCUT2D eigenvalue weighted by Crippen LogP contribution is 2.35. The van der Waals surface area contributed by atoms with E-state index in [1.165, 1.54) is 35.2 Å². The maximum absolute atomic E-state index is 5.42. The highest BCUT2D eigenvalue weighted by molar-refractivity contribution is 5.93. The van der Waals surface area contributed by atoms with E-state index in [4.69, 9.17) is 9.82 Å². The highest BCUT2D eigenvalue weighted by atomic mass is 16.7. The van der Waals surface area contributed by atoms with Crippen molar-refractivity contribution < 1.29 is 4.84 Å². The average molecular weight is 242 g/mol. The quantitative estimate of drug-likeness (QED) is 0.757. The van der Waals surface area contributed by atoms with Crippen LogP contribution in [0.4, 0.5) is 5.69 Å². The number of para-hydroxylation sites is 1. The maximum atomic E-state index is 5.42. The second-order valence-corrected chi connectivity index (χ2v) is 4.79. The Bertz CT molecular complexity index is 580. The molecule has 1 aromatic carbocycles. The molecule has 18 heavy (non-hydrogen) atoms. The van der Waals surface area contributed by atoms with Crippen LogP contribution in [-0.4, -0.2) is 19.1 Å². The van der Waals surface area contributed by atoms with Gasteiger partial charge < -0.3 is 0 Å². The number of aromatic nitrogens is 1. The van der Waals surface area contributed by atoms with Crippen LogP contribution in [0.2, 0.25) is 0 Å². The lowest BCUT2D eigenvalue weighted by Crippen LogP contribution is -2.20. The molecule has 0 fully saturated rings. The number of hydroxylamine groups is 1. The van der Waals surface area contributed by atoms with Crippen molar-refractivity contribution in [3.63, 3.8) is 0 Å². The Morgan fingerprint density at radius 3 is 2.78 bits per heavy atom. The summed E-state index contributed by atoms with van der Waals surface area (Å²) in [5.74, 6) is 0. The summed E-state index contributed by atoms with van der Waals surface area (Å²) >= 11 is 0. The molecule has 1 aromatic heterocycles. The lowest BCUT2D eigenvalue weighted by atomic mass is 9.92. The van der Waals surface area contributed by atoms with Crippen molar-refractivity contribution in [3.05, 3.63) is 35.5 Å². The van der Waals surface area contributed by atoms with Crippen LogP contribution in [0.25, 0.3) is 10.9 Å². The molecule has 1 heterocycles. The van der Waals surface area contributed by atoms with Gasteiger partial charge in [-0.15, -0.1) is 0 Å². The number of hydrogen-bond donors (Lipinski definition) is 0. The summed E-state index contributed by atoms with van der Waals surface area (Å²) in [5, 5.41) is 3.05. The van der Waals surface area contributed by atoms with Gasteiger partial charge in [0, 0.05) is 18.1 Å². The molecule has 3 heteroatoms. The van der Waals surface area contributed by atoms with Crippen LogP contribution in [0.5, 0.6) is 0 Å². The van der Waals surface area contributed by atoms with Gasteiger partial charge in [-0.3, -0.25) is 14.9 Å². The zero-order valence-electron chi connectivity index (χ0n) is 10.9. The number of rotatable bonds is 2. The summed E-state index contributed by atoms with van der Waals surface area (Å²) in [7, 11) is 3.68. The minimum atomic E-state index is 1.07. The fourth-order valence-electron chi connectivity index (χ4n) is 2.80.